The summed E-state index contributed by atoms with van der Waals surface area (Å²) in [7, 11) is 4.85. The van der Waals surface area contributed by atoms with E-state index in [1.54, 1.807) is 27.5 Å². The number of ether oxygens (including phenoxy) is 3. The van der Waals surface area contributed by atoms with Crippen LogP contribution in [-0.4, -0.2) is 43.4 Å². The largest absolute Gasteiger partial charge is 0.493 e. The first-order valence-electron chi connectivity index (χ1n) is 11.7. The lowest BCUT2D eigenvalue weighted by atomic mass is 9.68. The Kier molecular flexibility index (Phi) is 6.07. The van der Waals surface area contributed by atoms with Crippen LogP contribution in [0.5, 0.6) is 17.2 Å². The van der Waals surface area contributed by atoms with Crippen LogP contribution in [0, 0.1) is 0 Å². The molecule has 2 aliphatic carbocycles. The summed E-state index contributed by atoms with van der Waals surface area (Å²) in [6.45, 7) is 0. The van der Waals surface area contributed by atoms with Gasteiger partial charge in [0.05, 0.1) is 27.0 Å². The Morgan fingerprint density at radius 3 is 2.34 bits per heavy atom. The van der Waals surface area contributed by atoms with Crippen molar-refractivity contribution in [2.24, 2.45) is 0 Å². The molecule has 1 saturated carbocycles. The van der Waals surface area contributed by atoms with E-state index in [0.717, 1.165) is 47.3 Å². The van der Waals surface area contributed by atoms with Crippen LogP contribution in [-0.2, 0) is 16.6 Å². The molecule has 1 aromatic heterocycles. The third-order valence-corrected chi connectivity index (χ3v) is 6.72. The zero-order valence-corrected chi connectivity index (χ0v) is 20.2. The van der Waals surface area contributed by atoms with Crippen molar-refractivity contribution in [3.63, 3.8) is 0 Å². The first-order chi connectivity index (χ1) is 17.1. The summed E-state index contributed by atoms with van der Waals surface area (Å²) >= 11 is 0. The first-order valence-corrected chi connectivity index (χ1v) is 11.7. The quantitative estimate of drug-likeness (QED) is 0.360. The number of allylic oxidation sites excluding steroid dienone is 2. The fraction of sp³-hybridized carbons (Fsp3) is 0.286. The number of methoxy groups -OCH3 is 3. The van der Waals surface area contributed by atoms with Gasteiger partial charge in [-0.05, 0) is 42.2 Å². The summed E-state index contributed by atoms with van der Waals surface area (Å²) in [6, 6.07) is 14.8. The number of aromatic nitrogens is 2. The predicted molar refractivity (Wildman–Crippen MR) is 136 cm³/mol. The molecule has 0 aliphatic heterocycles. The van der Waals surface area contributed by atoms with Crippen molar-refractivity contribution in [3.8, 4) is 17.2 Å². The molecule has 0 spiro atoms. The van der Waals surface area contributed by atoms with Crippen LogP contribution < -0.4 is 19.5 Å². The summed E-state index contributed by atoms with van der Waals surface area (Å²) in [5.74, 6) is 2.60. The molecule has 180 valence electrons. The Balaban J connectivity index is 1.71. The second kappa shape index (κ2) is 9.33. The number of nitrogens with one attached hydrogen (secondary N) is 1. The lowest BCUT2D eigenvalue weighted by Crippen LogP contribution is -2.31. The maximum absolute atomic E-state index is 11.1. The van der Waals surface area contributed by atoms with Crippen LogP contribution in [0.3, 0.4) is 0 Å². The molecule has 1 atom stereocenters. The maximum atomic E-state index is 11.1. The van der Waals surface area contributed by atoms with Gasteiger partial charge in [-0.15, -0.1) is 0 Å². The summed E-state index contributed by atoms with van der Waals surface area (Å²) in [4.78, 5) is 11.1. The van der Waals surface area contributed by atoms with Crippen LogP contribution >= 0.6 is 0 Å². The molecule has 2 aromatic carbocycles. The fourth-order valence-corrected chi connectivity index (χ4v) is 4.79. The van der Waals surface area contributed by atoms with E-state index in [2.05, 4.69) is 29.6 Å². The minimum atomic E-state index is -0.523. The van der Waals surface area contributed by atoms with Crippen molar-refractivity contribution in [2.75, 3.05) is 26.6 Å². The normalized spacial score (nSPS) is 18.8. The van der Waals surface area contributed by atoms with E-state index >= 15 is 0 Å². The van der Waals surface area contributed by atoms with Gasteiger partial charge < -0.3 is 19.5 Å². The molecule has 1 N–H and O–H groups in total. The van der Waals surface area contributed by atoms with Gasteiger partial charge in [0.25, 0.3) is 0 Å². The van der Waals surface area contributed by atoms with Crippen LogP contribution in [0.2, 0.25) is 0 Å². The van der Waals surface area contributed by atoms with Gasteiger partial charge in [0.1, 0.15) is 6.29 Å². The Hall–Kier alpha value is -4.00. The number of carbonyl (C=O) groups excluding carboxylic acids is 1. The van der Waals surface area contributed by atoms with Gasteiger partial charge in [0.15, 0.2) is 17.3 Å². The van der Waals surface area contributed by atoms with Crippen molar-refractivity contribution in [2.45, 2.75) is 30.7 Å². The van der Waals surface area contributed by atoms with Gasteiger partial charge in [-0.3, -0.25) is 4.79 Å². The summed E-state index contributed by atoms with van der Waals surface area (Å²) in [5.41, 5.74) is 3.67. The molecule has 0 saturated heterocycles. The van der Waals surface area contributed by atoms with Gasteiger partial charge in [-0.25, -0.2) is 4.68 Å². The van der Waals surface area contributed by atoms with Crippen molar-refractivity contribution >= 4 is 24.4 Å². The van der Waals surface area contributed by atoms with Crippen molar-refractivity contribution in [1.82, 2.24) is 9.78 Å². The number of aldehydes is 1. The lowest BCUT2D eigenvalue weighted by Gasteiger charge is -2.35. The van der Waals surface area contributed by atoms with Crippen LogP contribution in [0.15, 0.2) is 54.6 Å². The monoisotopic (exact) mass is 471 g/mol. The highest BCUT2D eigenvalue weighted by molar-refractivity contribution is 5.75. The molecule has 35 heavy (non-hydrogen) atoms. The van der Waals surface area contributed by atoms with Gasteiger partial charge in [-0.1, -0.05) is 42.5 Å². The standard InChI is InChI=1S/C28H29N3O4/c1-33-24-16-20(17-25(34-2)26(24)35-3)28(19-8-5-4-6-9-19)13-12-22-23(18-28)31(14-7-15-32)30-27(22)29-21-10-11-21/h4-9,12-17,21H,10-11,18H2,1-3H3,(H,29,30). The average molecular weight is 472 g/mol. The van der Waals surface area contributed by atoms with E-state index in [-0.39, 0.29) is 0 Å². The first kappa shape index (κ1) is 22.8. The maximum Gasteiger partial charge on any atom is 0.203 e. The van der Waals surface area contributed by atoms with Crippen LogP contribution in [0.1, 0.15) is 35.2 Å². The van der Waals surface area contributed by atoms with Crippen molar-refractivity contribution < 1.29 is 19.0 Å². The lowest BCUT2D eigenvalue weighted by molar-refractivity contribution is -0.104. The van der Waals surface area contributed by atoms with E-state index < -0.39 is 5.41 Å². The molecule has 7 nitrogen and oxygen atoms in total. The molecule has 1 heterocycles. The van der Waals surface area contributed by atoms with E-state index in [9.17, 15) is 4.79 Å². The number of fused-ring (bicyclic) bond motifs is 1. The minimum Gasteiger partial charge on any atom is -0.493 e. The van der Waals surface area contributed by atoms with Crippen LogP contribution in [0.25, 0.3) is 12.3 Å². The highest BCUT2D eigenvalue weighted by Gasteiger charge is 2.39. The van der Waals surface area contributed by atoms with E-state index in [1.165, 1.54) is 6.08 Å². The zero-order valence-electron chi connectivity index (χ0n) is 20.2. The van der Waals surface area contributed by atoms with Gasteiger partial charge >= 0.3 is 0 Å². The molecule has 1 fully saturated rings. The van der Waals surface area contributed by atoms with Crippen molar-refractivity contribution in [3.05, 3.63) is 77.0 Å². The smallest absolute Gasteiger partial charge is 0.203 e. The number of hydrogen-bond acceptors (Lipinski definition) is 6. The number of anilines is 1. The summed E-state index contributed by atoms with van der Waals surface area (Å²) in [5, 5.41) is 8.33. The highest BCUT2D eigenvalue weighted by atomic mass is 16.5. The Morgan fingerprint density at radius 1 is 1.03 bits per heavy atom. The molecule has 7 heteroatoms. The number of rotatable bonds is 9. The highest BCUT2D eigenvalue weighted by Crippen LogP contribution is 2.48. The molecule has 0 radical (unpaired) electrons. The third-order valence-electron chi connectivity index (χ3n) is 6.72. The second-order valence-electron chi connectivity index (χ2n) is 8.81. The number of benzene rings is 2. The molecule has 0 amide bonds. The number of nitrogens with zero attached hydrogens (tertiary/aromatic N) is 2. The van der Waals surface area contributed by atoms with E-state index in [4.69, 9.17) is 19.3 Å². The molecule has 2 aliphatic rings. The second-order valence-corrected chi connectivity index (χ2v) is 8.81. The van der Waals surface area contributed by atoms with Gasteiger partial charge in [0.2, 0.25) is 5.75 Å². The molecule has 0 bridgehead atoms. The predicted octanol–water partition coefficient (Wildman–Crippen LogP) is 4.71. The van der Waals surface area contributed by atoms with E-state index in [0.29, 0.717) is 29.7 Å². The number of carbonyl (C=O) groups is 1. The molecule has 3 aromatic rings. The average Bonchev–Trinajstić information content (AvgIpc) is 3.67. The fourth-order valence-electron chi connectivity index (χ4n) is 4.79. The molecule has 5 rings (SSSR count). The zero-order chi connectivity index (χ0) is 24.4. The van der Waals surface area contributed by atoms with Gasteiger partial charge in [0, 0.05) is 29.6 Å². The Bertz CT molecular complexity index is 1270. The van der Waals surface area contributed by atoms with Crippen molar-refractivity contribution in [1.29, 1.82) is 0 Å². The number of hydrogen-bond donors (Lipinski definition) is 1. The third kappa shape index (κ3) is 4.07. The molecular weight excluding hydrogens is 442 g/mol. The van der Waals surface area contributed by atoms with E-state index in [1.807, 2.05) is 35.0 Å². The van der Waals surface area contributed by atoms with Crippen LogP contribution in [0.4, 0.5) is 5.82 Å². The molecular formula is C28H29N3O4. The summed E-state index contributed by atoms with van der Waals surface area (Å²) in [6.07, 6.45) is 11.2. The minimum absolute atomic E-state index is 0.460. The van der Waals surface area contributed by atoms with Gasteiger partial charge in [-0.2, -0.15) is 5.10 Å². The Labute approximate surface area is 205 Å². The topological polar surface area (TPSA) is 74.6 Å². The Morgan fingerprint density at radius 2 is 1.74 bits per heavy atom. The SMILES string of the molecule is COc1cc(C2(c3ccccc3)C=Cc3c(NC4CC4)nn(C=CC=O)c3C2)cc(OC)c1OC. The summed E-state index contributed by atoms with van der Waals surface area (Å²) < 4.78 is 18.8. The molecule has 1 unspecified atom stereocenters.